The van der Waals surface area contributed by atoms with Crippen molar-refractivity contribution >= 4 is 5.91 Å². The molecular weight excluding hydrogens is 272 g/mol. The molecule has 2 aromatic rings. The van der Waals surface area contributed by atoms with Crippen LogP contribution in [0.1, 0.15) is 34.8 Å². The first-order chi connectivity index (χ1) is 10.2. The second-order valence-corrected chi connectivity index (χ2v) is 5.16. The van der Waals surface area contributed by atoms with E-state index in [0.29, 0.717) is 18.5 Å². The van der Waals surface area contributed by atoms with Gasteiger partial charge in [0.25, 0.3) is 5.91 Å². The lowest BCUT2D eigenvalue weighted by Crippen LogP contribution is -2.31. The molecule has 0 radical (unpaired) electrons. The Bertz CT molecular complexity index is 671. The number of hydrogen-bond donors (Lipinski definition) is 0. The van der Waals surface area contributed by atoms with E-state index in [0.717, 1.165) is 6.42 Å². The van der Waals surface area contributed by atoms with E-state index in [1.54, 1.807) is 35.2 Å². The summed E-state index contributed by atoms with van der Waals surface area (Å²) in [5.74, 6) is -1.24. The number of carbonyl (C=O) groups excluding carboxylic acids is 1. The van der Waals surface area contributed by atoms with Gasteiger partial charge in [-0.05, 0) is 31.0 Å². The van der Waals surface area contributed by atoms with E-state index in [9.17, 15) is 13.6 Å². The van der Waals surface area contributed by atoms with Crippen molar-refractivity contribution in [3.05, 3.63) is 71.3 Å². The number of rotatable bonds is 2. The van der Waals surface area contributed by atoms with E-state index in [1.165, 1.54) is 18.2 Å². The molecule has 0 bridgehead atoms. The highest BCUT2D eigenvalue weighted by atomic mass is 19.1. The van der Waals surface area contributed by atoms with E-state index < -0.39 is 5.82 Å². The largest absolute Gasteiger partial charge is 0.331 e. The van der Waals surface area contributed by atoms with Crippen molar-refractivity contribution in [3.63, 3.8) is 0 Å². The zero-order valence-corrected chi connectivity index (χ0v) is 11.4. The van der Waals surface area contributed by atoms with Crippen LogP contribution in [0.15, 0.2) is 48.5 Å². The third-order valence-electron chi connectivity index (χ3n) is 3.88. The molecule has 2 aromatic carbocycles. The number of amides is 1. The first kappa shape index (κ1) is 13.7. The van der Waals surface area contributed by atoms with Crippen LogP contribution in [0, 0.1) is 11.6 Å². The van der Waals surface area contributed by atoms with Crippen molar-refractivity contribution in [3.8, 4) is 0 Å². The molecule has 0 spiro atoms. The van der Waals surface area contributed by atoms with Crippen LogP contribution in [0.25, 0.3) is 0 Å². The number of benzene rings is 2. The molecule has 0 aliphatic carbocycles. The van der Waals surface area contributed by atoms with Crippen LogP contribution in [-0.4, -0.2) is 17.4 Å². The van der Waals surface area contributed by atoms with E-state index in [-0.39, 0.29) is 23.3 Å². The minimum absolute atomic E-state index is 0.0424. The molecule has 1 amide bonds. The summed E-state index contributed by atoms with van der Waals surface area (Å²) in [5, 5.41) is 0. The molecule has 0 saturated carbocycles. The van der Waals surface area contributed by atoms with Gasteiger partial charge in [0.05, 0.1) is 11.6 Å². The normalized spacial score (nSPS) is 18.0. The molecule has 1 aliphatic rings. The van der Waals surface area contributed by atoms with Crippen LogP contribution in [0.3, 0.4) is 0 Å². The van der Waals surface area contributed by atoms with Crippen molar-refractivity contribution in [1.29, 1.82) is 0 Å². The second kappa shape index (κ2) is 5.64. The van der Waals surface area contributed by atoms with Gasteiger partial charge in [-0.3, -0.25) is 4.79 Å². The molecule has 1 atom stereocenters. The maximum atomic E-state index is 13.9. The van der Waals surface area contributed by atoms with Gasteiger partial charge in [-0.15, -0.1) is 0 Å². The Labute approximate surface area is 122 Å². The van der Waals surface area contributed by atoms with Gasteiger partial charge in [0.15, 0.2) is 0 Å². The molecule has 1 saturated heterocycles. The van der Waals surface area contributed by atoms with Gasteiger partial charge in [-0.1, -0.05) is 30.3 Å². The van der Waals surface area contributed by atoms with Crippen LogP contribution in [0.4, 0.5) is 8.78 Å². The summed E-state index contributed by atoms with van der Waals surface area (Å²) >= 11 is 0. The first-order valence-corrected chi connectivity index (χ1v) is 6.98. The topological polar surface area (TPSA) is 20.3 Å². The van der Waals surface area contributed by atoms with Crippen molar-refractivity contribution in [1.82, 2.24) is 4.90 Å². The van der Waals surface area contributed by atoms with Crippen LogP contribution in [0.5, 0.6) is 0 Å². The summed E-state index contributed by atoms with van der Waals surface area (Å²) in [7, 11) is 0. The van der Waals surface area contributed by atoms with Crippen molar-refractivity contribution in [2.24, 2.45) is 0 Å². The quantitative estimate of drug-likeness (QED) is 0.819. The van der Waals surface area contributed by atoms with Crippen LogP contribution in [0.2, 0.25) is 0 Å². The second-order valence-electron chi connectivity index (χ2n) is 5.16. The molecule has 108 valence electrons. The molecule has 3 rings (SSSR count). The van der Waals surface area contributed by atoms with Crippen molar-refractivity contribution in [2.45, 2.75) is 18.9 Å². The molecule has 0 N–H and O–H groups in total. The highest BCUT2D eigenvalue weighted by Gasteiger charge is 2.32. The van der Waals surface area contributed by atoms with Crippen LogP contribution >= 0.6 is 0 Å². The minimum atomic E-state index is -0.540. The lowest BCUT2D eigenvalue weighted by molar-refractivity contribution is 0.0729. The molecule has 1 fully saturated rings. The van der Waals surface area contributed by atoms with Gasteiger partial charge >= 0.3 is 0 Å². The first-order valence-electron chi connectivity index (χ1n) is 6.98. The zero-order chi connectivity index (χ0) is 14.8. The Morgan fingerprint density at radius 3 is 2.38 bits per heavy atom. The lowest BCUT2D eigenvalue weighted by Gasteiger charge is -2.25. The lowest BCUT2D eigenvalue weighted by atomic mass is 10.0. The summed E-state index contributed by atoms with van der Waals surface area (Å²) in [5.41, 5.74) is 0.542. The Hall–Kier alpha value is -2.23. The molecule has 1 heterocycles. The molecule has 2 nitrogen and oxygen atoms in total. The average molecular weight is 287 g/mol. The fourth-order valence-electron chi connectivity index (χ4n) is 2.87. The standard InChI is InChI=1S/C17H15F2NO/c18-14-8-3-1-6-12(14)16-10-5-11-20(16)17(21)13-7-2-4-9-15(13)19/h1-4,6-9,16H,5,10-11H2/t16-/m0/s1. The SMILES string of the molecule is O=C(c1ccccc1F)N1CCC[C@H]1c1ccccc1F. The van der Waals surface area contributed by atoms with Gasteiger partial charge in [-0.25, -0.2) is 8.78 Å². The molecule has 21 heavy (non-hydrogen) atoms. The minimum Gasteiger partial charge on any atom is -0.331 e. The fraction of sp³-hybridized carbons (Fsp3) is 0.235. The predicted molar refractivity (Wildman–Crippen MR) is 75.8 cm³/mol. The van der Waals surface area contributed by atoms with Crippen LogP contribution < -0.4 is 0 Å². The van der Waals surface area contributed by atoms with E-state index in [4.69, 9.17) is 0 Å². The number of nitrogens with zero attached hydrogens (tertiary/aromatic N) is 1. The molecular formula is C17H15F2NO. The van der Waals surface area contributed by atoms with Gasteiger partial charge < -0.3 is 4.90 Å². The summed E-state index contributed by atoms with van der Waals surface area (Å²) in [6.07, 6.45) is 1.49. The third-order valence-corrected chi connectivity index (χ3v) is 3.88. The van der Waals surface area contributed by atoms with Crippen LogP contribution in [-0.2, 0) is 0 Å². The number of carbonyl (C=O) groups is 1. The molecule has 0 unspecified atom stereocenters. The van der Waals surface area contributed by atoms with Gasteiger partial charge in [-0.2, -0.15) is 0 Å². The summed E-state index contributed by atoms with van der Waals surface area (Å²) < 4.78 is 27.7. The summed E-state index contributed by atoms with van der Waals surface area (Å²) in [6.45, 7) is 0.520. The maximum Gasteiger partial charge on any atom is 0.257 e. The highest BCUT2D eigenvalue weighted by Crippen LogP contribution is 2.34. The zero-order valence-electron chi connectivity index (χ0n) is 11.4. The monoisotopic (exact) mass is 287 g/mol. The Balaban J connectivity index is 1.93. The number of hydrogen-bond acceptors (Lipinski definition) is 1. The smallest absolute Gasteiger partial charge is 0.257 e. The third kappa shape index (κ3) is 2.53. The predicted octanol–water partition coefficient (Wildman–Crippen LogP) is 3.94. The fourth-order valence-corrected chi connectivity index (χ4v) is 2.87. The van der Waals surface area contributed by atoms with Crippen molar-refractivity contribution < 1.29 is 13.6 Å². The Morgan fingerprint density at radius 1 is 1.00 bits per heavy atom. The van der Waals surface area contributed by atoms with E-state index in [2.05, 4.69) is 0 Å². The Morgan fingerprint density at radius 2 is 1.67 bits per heavy atom. The molecule has 0 aromatic heterocycles. The van der Waals surface area contributed by atoms with E-state index in [1.807, 2.05) is 0 Å². The van der Waals surface area contributed by atoms with Gasteiger partial charge in [0.1, 0.15) is 11.6 Å². The summed E-state index contributed by atoms with van der Waals surface area (Å²) in [6, 6.07) is 12.0. The summed E-state index contributed by atoms with van der Waals surface area (Å²) in [4.78, 5) is 14.1. The van der Waals surface area contributed by atoms with Crippen molar-refractivity contribution in [2.75, 3.05) is 6.54 Å². The van der Waals surface area contributed by atoms with E-state index >= 15 is 0 Å². The number of likely N-dealkylation sites (tertiary alicyclic amines) is 1. The highest BCUT2D eigenvalue weighted by molar-refractivity contribution is 5.95. The van der Waals surface area contributed by atoms with Gasteiger partial charge in [0.2, 0.25) is 0 Å². The maximum absolute atomic E-state index is 13.9. The van der Waals surface area contributed by atoms with Gasteiger partial charge in [0, 0.05) is 12.1 Å². The molecule has 4 heteroatoms. The average Bonchev–Trinajstić information content (AvgIpc) is 2.97. The Kier molecular flexibility index (Phi) is 3.69. The number of halogens is 2. The molecule has 1 aliphatic heterocycles.